The zero-order valence-electron chi connectivity index (χ0n) is 19.0. The number of piperidine rings is 1. The molecule has 2 aromatic heterocycles. The summed E-state index contributed by atoms with van der Waals surface area (Å²) in [7, 11) is 0. The van der Waals surface area contributed by atoms with Crippen LogP contribution >= 0.6 is 11.6 Å². The predicted molar refractivity (Wildman–Crippen MR) is 132 cm³/mol. The Balaban J connectivity index is 1.41. The fourth-order valence-electron chi connectivity index (χ4n) is 4.45. The standard InChI is InChI=1S/C26H23ClFN5O2/c1-14-4-9-18(23(27)30-14)19-11-21-22(12-20(19)28)32-25(31-21)15-5-7-16(8-6-15)26(35)33-10-2-3-17(13-33)24(29)34/h4-9,11-12,17H,2-3,10,13H2,1H3,(H2,29,34)(H,31,32)/t17-/m1/s1. The minimum Gasteiger partial charge on any atom is -0.369 e. The molecule has 1 saturated heterocycles. The van der Waals surface area contributed by atoms with E-state index in [0.717, 1.165) is 17.7 Å². The van der Waals surface area contributed by atoms with Crippen molar-refractivity contribution in [1.82, 2.24) is 19.9 Å². The lowest BCUT2D eigenvalue weighted by Gasteiger charge is -2.31. The van der Waals surface area contributed by atoms with Crippen molar-refractivity contribution in [2.24, 2.45) is 11.7 Å². The third-order valence-electron chi connectivity index (χ3n) is 6.37. The third-order valence-corrected chi connectivity index (χ3v) is 6.65. The molecule has 2 aromatic carbocycles. The normalized spacial score (nSPS) is 16.0. The zero-order valence-corrected chi connectivity index (χ0v) is 19.8. The van der Waals surface area contributed by atoms with Crippen LogP contribution in [0.2, 0.25) is 5.15 Å². The number of fused-ring (bicyclic) bond motifs is 1. The predicted octanol–water partition coefficient (Wildman–Crippen LogP) is 4.73. The number of halogens is 2. The first-order chi connectivity index (χ1) is 16.8. The van der Waals surface area contributed by atoms with Gasteiger partial charge in [0.2, 0.25) is 5.91 Å². The van der Waals surface area contributed by atoms with E-state index in [1.165, 1.54) is 6.07 Å². The quantitative estimate of drug-likeness (QED) is 0.402. The minimum absolute atomic E-state index is 0.137. The summed E-state index contributed by atoms with van der Waals surface area (Å²) in [6.45, 7) is 2.76. The molecule has 4 aromatic rings. The van der Waals surface area contributed by atoms with Crippen molar-refractivity contribution in [2.75, 3.05) is 13.1 Å². The van der Waals surface area contributed by atoms with Gasteiger partial charge in [-0.25, -0.2) is 14.4 Å². The van der Waals surface area contributed by atoms with Gasteiger partial charge in [-0.3, -0.25) is 9.59 Å². The topological polar surface area (TPSA) is 105 Å². The highest BCUT2D eigenvalue weighted by Crippen LogP contribution is 2.32. The lowest BCUT2D eigenvalue weighted by molar-refractivity contribution is -0.123. The number of carbonyl (C=O) groups is 2. The van der Waals surface area contributed by atoms with Gasteiger partial charge in [0.25, 0.3) is 5.91 Å². The van der Waals surface area contributed by atoms with Crippen LogP contribution in [0.25, 0.3) is 33.5 Å². The number of hydrogen-bond donors (Lipinski definition) is 2. The number of aromatic nitrogens is 3. The Kier molecular flexibility index (Phi) is 5.98. The van der Waals surface area contributed by atoms with Crippen molar-refractivity contribution in [3.8, 4) is 22.5 Å². The Bertz CT molecular complexity index is 1450. The molecular weight excluding hydrogens is 469 g/mol. The van der Waals surface area contributed by atoms with Gasteiger partial charge in [-0.15, -0.1) is 0 Å². The van der Waals surface area contributed by atoms with Gasteiger partial charge in [0.15, 0.2) is 0 Å². The largest absolute Gasteiger partial charge is 0.369 e. The summed E-state index contributed by atoms with van der Waals surface area (Å²) in [5.41, 5.74) is 9.42. The summed E-state index contributed by atoms with van der Waals surface area (Å²) in [6, 6.07) is 13.6. The van der Waals surface area contributed by atoms with E-state index in [-0.39, 0.29) is 22.9 Å². The molecule has 3 heterocycles. The Morgan fingerprint density at radius 3 is 2.60 bits per heavy atom. The SMILES string of the molecule is Cc1ccc(-c2cc3[nH]c(-c4ccc(C(=O)N5CCC[C@@H](C(N)=O)C5)cc4)nc3cc2F)c(Cl)n1. The van der Waals surface area contributed by atoms with Gasteiger partial charge in [0.05, 0.1) is 17.0 Å². The van der Waals surface area contributed by atoms with E-state index in [1.807, 2.05) is 6.92 Å². The number of amides is 2. The molecule has 178 valence electrons. The molecule has 35 heavy (non-hydrogen) atoms. The highest BCUT2D eigenvalue weighted by Gasteiger charge is 2.27. The number of carbonyl (C=O) groups excluding carboxylic acids is 2. The molecule has 1 atom stereocenters. The van der Waals surface area contributed by atoms with Crippen LogP contribution in [0.15, 0.2) is 48.5 Å². The van der Waals surface area contributed by atoms with E-state index in [9.17, 15) is 14.0 Å². The summed E-state index contributed by atoms with van der Waals surface area (Å²) >= 11 is 6.25. The molecule has 0 saturated carbocycles. The maximum atomic E-state index is 14.9. The number of aryl methyl sites for hydroxylation is 1. The molecule has 0 radical (unpaired) electrons. The van der Waals surface area contributed by atoms with Gasteiger partial charge in [-0.05, 0) is 50.1 Å². The number of primary amides is 1. The first-order valence-corrected chi connectivity index (χ1v) is 11.7. The van der Waals surface area contributed by atoms with Crippen molar-refractivity contribution in [1.29, 1.82) is 0 Å². The van der Waals surface area contributed by atoms with Gasteiger partial charge < -0.3 is 15.6 Å². The van der Waals surface area contributed by atoms with Crippen LogP contribution in [0.3, 0.4) is 0 Å². The van der Waals surface area contributed by atoms with Crippen LogP contribution in [-0.4, -0.2) is 44.8 Å². The van der Waals surface area contributed by atoms with Crippen LogP contribution in [0, 0.1) is 18.7 Å². The Morgan fingerprint density at radius 2 is 1.89 bits per heavy atom. The maximum Gasteiger partial charge on any atom is 0.253 e. The van der Waals surface area contributed by atoms with Gasteiger partial charge in [0.1, 0.15) is 16.8 Å². The van der Waals surface area contributed by atoms with E-state index >= 15 is 0 Å². The molecule has 7 nitrogen and oxygen atoms in total. The number of likely N-dealkylation sites (tertiary alicyclic amines) is 1. The van der Waals surface area contributed by atoms with Gasteiger partial charge in [0, 0.05) is 47.1 Å². The average molecular weight is 492 g/mol. The second-order valence-electron chi connectivity index (χ2n) is 8.80. The van der Waals surface area contributed by atoms with Crippen molar-refractivity contribution in [2.45, 2.75) is 19.8 Å². The molecule has 2 amide bonds. The summed E-state index contributed by atoms with van der Waals surface area (Å²) in [6.07, 6.45) is 1.46. The van der Waals surface area contributed by atoms with E-state index in [0.29, 0.717) is 53.1 Å². The Morgan fingerprint density at radius 1 is 1.11 bits per heavy atom. The summed E-state index contributed by atoms with van der Waals surface area (Å²) < 4.78 is 14.9. The Hall–Kier alpha value is -3.78. The zero-order chi connectivity index (χ0) is 24.7. The van der Waals surface area contributed by atoms with E-state index < -0.39 is 5.82 Å². The number of aromatic amines is 1. The molecule has 1 fully saturated rings. The van der Waals surface area contributed by atoms with Crippen LogP contribution in [0.1, 0.15) is 28.9 Å². The monoisotopic (exact) mass is 491 g/mol. The van der Waals surface area contributed by atoms with Crippen LogP contribution < -0.4 is 5.73 Å². The van der Waals surface area contributed by atoms with Gasteiger partial charge in [-0.1, -0.05) is 23.7 Å². The number of nitrogens with two attached hydrogens (primary N) is 1. The Labute approximate surface area is 206 Å². The molecule has 3 N–H and O–H groups in total. The van der Waals surface area contributed by atoms with Crippen molar-refractivity contribution in [3.05, 3.63) is 70.8 Å². The highest BCUT2D eigenvalue weighted by atomic mass is 35.5. The fraction of sp³-hybridized carbons (Fsp3) is 0.231. The molecule has 9 heteroatoms. The second kappa shape index (κ2) is 9.11. The number of hydrogen-bond acceptors (Lipinski definition) is 4. The van der Waals surface area contributed by atoms with Crippen molar-refractivity contribution < 1.29 is 14.0 Å². The van der Waals surface area contributed by atoms with Crippen LogP contribution in [0.4, 0.5) is 4.39 Å². The number of imidazole rings is 1. The molecular formula is C26H23ClFN5O2. The van der Waals surface area contributed by atoms with Crippen LogP contribution in [-0.2, 0) is 4.79 Å². The van der Waals surface area contributed by atoms with Crippen molar-refractivity contribution >= 4 is 34.4 Å². The third kappa shape index (κ3) is 4.49. The average Bonchev–Trinajstić information content (AvgIpc) is 3.26. The number of pyridine rings is 1. The van der Waals surface area contributed by atoms with Gasteiger partial charge in [-0.2, -0.15) is 0 Å². The maximum absolute atomic E-state index is 14.9. The number of rotatable bonds is 4. The smallest absolute Gasteiger partial charge is 0.253 e. The summed E-state index contributed by atoms with van der Waals surface area (Å²) in [5.74, 6) is -0.709. The molecule has 1 aliphatic rings. The molecule has 0 bridgehead atoms. The molecule has 0 spiro atoms. The summed E-state index contributed by atoms with van der Waals surface area (Å²) in [5, 5.41) is 0.235. The van der Waals surface area contributed by atoms with Crippen molar-refractivity contribution in [3.63, 3.8) is 0 Å². The molecule has 1 aliphatic heterocycles. The number of H-pyrrole nitrogens is 1. The number of nitrogens with one attached hydrogen (secondary N) is 1. The first-order valence-electron chi connectivity index (χ1n) is 11.3. The van der Waals surface area contributed by atoms with E-state index in [4.69, 9.17) is 17.3 Å². The molecule has 0 aliphatic carbocycles. The number of nitrogens with zero attached hydrogens (tertiary/aromatic N) is 3. The van der Waals surface area contributed by atoms with Gasteiger partial charge >= 0.3 is 0 Å². The first kappa shape index (κ1) is 23.0. The van der Waals surface area contributed by atoms with Crippen LogP contribution in [0.5, 0.6) is 0 Å². The molecule has 5 rings (SSSR count). The lowest BCUT2D eigenvalue weighted by atomic mass is 9.97. The number of benzene rings is 2. The van der Waals surface area contributed by atoms with E-state index in [1.54, 1.807) is 47.4 Å². The fourth-order valence-corrected chi connectivity index (χ4v) is 4.75. The summed E-state index contributed by atoms with van der Waals surface area (Å²) in [4.78, 5) is 38.1. The second-order valence-corrected chi connectivity index (χ2v) is 9.15. The highest BCUT2D eigenvalue weighted by molar-refractivity contribution is 6.32. The molecule has 0 unspecified atom stereocenters. The minimum atomic E-state index is -0.445. The lowest BCUT2D eigenvalue weighted by Crippen LogP contribution is -2.44. The van der Waals surface area contributed by atoms with E-state index in [2.05, 4.69) is 15.0 Å².